The summed E-state index contributed by atoms with van der Waals surface area (Å²) in [6.45, 7) is 1.10. The fraction of sp³-hybridized carbons (Fsp3) is 0.667. The largest absolute Gasteiger partial charge is 0.406 e. The molecule has 0 bridgehead atoms. The van der Waals surface area contributed by atoms with Gasteiger partial charge in [-0.3, -0.25) is 4.79 Å². The van der Waals surface area contributed by atoms with E-state index in [-0.39, 0.29) is 11.7 Å². The van der Waals surface area contributed by atoms with Crippen molar-refractivity contribution in [1.82, 2.24) is 14.5 Å². The van der Waals surface area contributed by atoms with Crippen LogP contribution in [0.15, 0.2) is 12.5 Å². The van der Waals surface area contributed by atoms with Crippen molar-refractivity contribution in [2.24, 2.45) is 0 Å². The average molecular weight is 293 g/mol. The molecule has 1 rings (SSSR count). The van der Waals surface area contributed by atoms with Gasteiger partial charge in [-0.1, -0.05) is 6.92 Å². The first kappa shape index (κ1) is 16.5. The zero-order valence-electron chi connectivity index (χ0n) is 11.6. The Balaban J connectivity index is 2.77. The third-order valence-electron chi connectivity index (χ3n) is 2.91. The lowest BCUT2D eigenvalue weighted by molar-refractivity contribution is -0.140. The van der Waals surface area contributed by atoms with Crippen LogP contribution in [0.4, 0.5) is 13.2 Å². The molecule has 0 saturated heterocycles. The molecule has 0 aliphatic rings. The van der Waals surface area contributed by atoms with Crippen LogP contribution in [0.25, 0.3) is 0 Å². The standard InChI is InChI=1S/C12H18F3N3O2/c1-4-9(6-20-3)17(2)11(19)10-5-18(8-16-10)7-12(13,14)15/h5,8-9H,4,6-7H2,1-3H3. The Morgan fingerprint density at radius 2 is 2.20 bits per heavy atom. The first-order chi connectivity index (χ1) is 9.28. The molecule has 114 valence electrons. The number of carbonyl (C=O) groups is 1. The minimum atomic E-state index is -4.34. The number of amides is 1. The van der Waals surface area contributed by atoms with Crippen molar-refractivity contribution in [3.8, 4) is 0 Å². The van der Waals surface area contributed by atoms with Crippen LogP contribution < -0.4 is 0 Å². The first-order valence-corrected chi connectivity index (χ1v) is 6.13. The maximum atomic E-state index is 12.2. The first-order valence-electron chi connectivity index (χ1n) is 6.13. The number of ether oxygens (including phenoxy) is 1. The van der Waals surface area contributed by atoms with Gasteiger partial charge in [-0.15, -0.1) is 0 Å². The van der Waals surface area contributed by atoms with E-state index < -0.39 is 18.6 Å². The second kappa shape index (κ2) is 6.74. The number of methoxy groups -OCH3 is 1. The van der Waals surface area contributed by atoms with Crippen molar-refractivity contribution in [3.05, 3.63) is 18.2 Å². The molecule has 8 heteroatoms. The number of hydrogen-bond donors (Lipinski definition) is 0. The fourth-order valence-electron chi connectivity index (χ4n) is 1.81. The minimum absolute atomic E-state index is 0.00805. The second-order valence-electron chi connectivity index (χ2n) is 4.48. The van der Waals surface area contributed by atoms with Crippen molar-refractivity contribution in [1.29, 1.82) is 0 Å². The molecule has 1 aromatic heterocycles. The average Bonchev–Trinajstić information content (AvgIpc) is 2.80. The van der Waals surface area contributed by atoms with Crippen LogP contribution in [0.5, 0.6) is 0 Å². The van der Waals surface area contributed by atoms with Crippen LogP contribution in [-0.2, 0) is 11.3 Å². The highest BCUT2D eigenvalue weighted by Gasteiger charge is 2.29. The van der Waals surface area contributed by atoms with Gasteiger partial charge in [0.1, 0.15) is 12.2 Å². The van der Waals surface area contributed by atoms with Crippen LogP contribution in [-0.4, -0.2) is 53.3 Å². The molecule has 0 radical (unpaired) electrons. The van der Waals surface area contributed by atoms with Crippen LogP contribution >= 0.6 is 0 Å². The topological polar surface area (TPSA) is 47.4 Å². The summed E-state index contributed by atoms with van der Waals surface area (Å²) in [5.41, 5.74) is -0.00805. The molecule has 0 aromatic carbocycles. The molecule has 0 N–H and O–H groups in total. The summed E-state index contributed by atoms with van der Waals surface area (Å²) in [5, 5.41) is 0. The molecule has 1 unspecified atom stereocenters. The molecule has 0 aliphatic carbocycles. The maximum Gasteiger partial charge on any atom is 0.406 e. The molecule has 0 spiro atoms. The van der Waals surface area contributed by atoms with Crippen molar-refractivity contribution in [2.45, 2.75) is 32.1 Å². The number of rotatable bonds is 6. The number of hydrogen-bond acceptors (Lipinski definition) is 3. The molecule has 5 nitrogen and oxygen atoms in total. The molecule has 0 fully saturated rings. The van der Waals surface area contributed by atoms with Gasteiger partial charge in [-0.25, -0.2) is 4.98 Å². The summed E-state index contributed by atoms with van der Waals surface area (Å²) >= 11 is 0. The maximum absolute atomic E-state index is 12.2. The van der Waals surface area contributed by atoms with Crippen molar-refractivity contribution in [3.63, 3.8) is 0 Å². The molecule has 1 heterocycles. The van der Waals surface area contributed by atoms with Crippen LogP contribution in [0.3, 0.4) is 0 Å². The zero-order valence-corrected chi connectivity index (χ0v) is 11.6. The van der Waals surface area contributed by atoms with Crippen molar-refractivity contribution in [2.75, 3.05) is 20.8 Å². The van der Waals surface area contributed by atoms with E-state index in [4.69, 9.17) is 4.74 Å². The van der Waals surface area contributed by atoms with Gasteiger partial charge in [0.25, 0.3) is 5.91 Å². The van der Waals surface area contributed by atoms with Crippen molar-refractivity contribution < 1.29 is 22.7 Å². The minimum Gasteiger partial charge on any atom is -0.383 e. The predicted octanol–water partition coefficient (Wildman–Crippen LogP) is 1.94. The Kier molecular flexibility index (Phi) is 5.55. The molecule has 1 amide bonds. The predicted molar refractivity (Wildman–Crippen MR) is 66.3 cm³/mol. The zero-order chi connectivity index (χ0) is 15.3. The Morgan fingerprint density at radius 3 is 2.70 bits per heavy atom. The Bertz CT molecular complexity index is 445. The van der Waals surface area contributed by atoms with E-state index in [2.05, 4.69) is 4.98 Å². The highest BCUT2D eigenvalue weighted by atomic mass is 19.4. The number of aromatic nitrogens is 2. The fourth-order valence-corrected chi connectivity index (χ4v) is 1.81. The van der Waals surface area contributed by atoms with Gasteiger partial charge < -0.3 is 14.2 Å². The molecular formula is C12H18F3N3O2. The molecule has 1 atom stereocenters. The molecule has 0 saturated carbocycles. The summed E-state index contributed by atoms with van der Waals surface area (Å²) in [5.74, 6) is -0.421. The molecule has 20 heavy (non-hydrogen) atoms. The van der Waals surface area contributed by atoms with E-state index in [9.17, 15) is 18.0 Å². The van der Waals surface area contributed by atoms with Crippen LogP contribution in [0.1, 0.15) is 23.8 Å². The quantitative estimate of drug-likeness (QED) is 0.805. The van der Waals surface area contributed by atoms with E-state index in [1.54, 1.807) is 7.05 Å². The summed E-state index contributed by atoms with van der Waals surface area (Å²) < 4.78 is 42.5. The third kappa shape index (κ3) is 4.52. The van der Waals surface area contributed by atoms with E-state index in [1.165, 1.54) is 12.0 Å². The lowest BCUT2D eigenvalue weighted by Crippen LogP contribution is -2.39. The van der Waals surface area contributed by atoms with E-state index in [0.29, 0.717) is 13.0 Å². The number of likely N-dealkylation sites (N-methyl/N-ethyl adjacent to an activating group) is 1. The van der Waals surface area contributed by atoms with Gasteiger partial charge in [0.05, 0.1) is 19.0 Å². The summed E-state index contributed by atoms with van der Waals surface area (Å²) in [7, 11) is 3.11. The van der Waals surface area contributed by atoms with Gasteiger partial charge in [0.15, 0.2) is 0 Å². The summed E-state index contributed by atoms with van der Waals surface area (Å²) in [4.78, 5) is 17.3. The highest BCUT2D eigenvalue weighted by Crippen LogP contribution is 2.17. The highest BCUT2D eigenvalue weighted by molar-refractivity contribution is 5.92. The van der Waals surface area contributed by atoms with Gasteiger partial charge in [0, 0.05) is 20.4 Å². The normalized spacial score (nSPS) is 13.3. The number of alkyl halides is 3. The van der Waals surface area contributed by atoms with Gasteiger partial charge in [-0.2, -0.15) is 13.2 Å². The third-order valence-corrected chi connectivity index (χ3v) is 2.91. The SMILES string of the molecule is CCC(COC)N(C)C(=O)c1cn(CC(F)(F)F)cn1. The van der Waals surface area contributed by atoms with Gasteiger partial charge in [0.2, 0.25) is 0 Å². The summed E-state index contributed by atoms with van der Waals surface area (Å²) in [6, 6.07) is -0.139. The Hall–Kier alpha value is -1.57. The monoisotopic (exact) mass is 293 g/mol. The smallest absolute Gasteiger partial charge is 0.383 e. The number of nitrogens with zero attached hydrogens (tertiary/aromatic N) is 3. The lowest BCUT2D eigenvalue weighted by Gasteiger charge is -2.25. The van der Waals surface area contributed by atoms with Crippen LogP contribution in [0, 0.1) is 0 Å². The Morgan fingerprint density at radius 1 is 1.55 bits per heavy atom. The summed E-state index contributed by atoms with van der Waals surface area (Å²) in [6.07, 6.45) is -1.55. The van der Waals surface area contributed by atoms with Crippen LogP contribution in [0.2, 0.25) is 0 Å². The van der Waals surface area contributed by atoms with Crippen molar-refractivity contribution >= 4 is 5.91 Å². The molecule has 1 aromatic rings. The number of imidazole rings is 1. The second-order valence-corrected chi connectivity index (χ2v) is 4.48. The van der Waals surface area contributed by atoms with Gasteiger partial charge >= 0.3 is 6.18 Å². The van der Waals surface area contributed by atoms with E-state index >= 15 is 0 Å². The lowest BCUT2D eigenvalue weighted by atomic mass is 10.2. The number of carbonyl (C=O) groups excluding carboxylic acids is 1. The molecule has 0 aliphatic heterocycles. The van der Waals surface area contributed by atoms with Gasteiger partial charge in [-0.05, 0) is 6.42 Å². The van der Waals surface area contributed by atoms with E-state index in [1.807, 2.05) is 6.92 Å². The van der Waals surface area contributed by atoms with E-state index in [0.717, 1.165) is 17.1 Å². The molecular weight excluding hydrogens is 275 g/mol. The number of halogens is 3. The Labute approximate surface area is 115 Å².